The Labute approximate surface area is 86.9 Å². The third-order valence-corrected chi connectivity index (χ3v) is 2.85. The molecule has 0 fully saturated rings. The van der Waals surface area contributed by atoms with Crippen LogP contribution in [0, 0.1) is 0 Å². The van der Waals surface area contributed by atoms with Gasteiger partial charge in [0.1, 0.15) is 11.0 Å². The second kappa shape index (κ2) is 4.46. The van der Waals surface area contributed by atoms with Gasteiger partial charge in [0.25, 0.3) is 0 Å². The minimum Gasteiger partial charge on any atom is -0.264 e. The zero-order valence-electron chi connectivity index (χ0n) is 8.60. The van der Waals surface area contributed by atoms with Crippen molar-refractivity contribution in [3.05, 3.63) is 30.1 Å². The van der Waals surface area contributed by atoms with Crippen molar-refractivity contribution in [2.75, 3.05) is 0 Å². The van der Waals surface area contributed by atoms with E-state index < -0.39 is 11.0 Å². The highest BCUT2D eigenvalue weighted by Crippen LogP contribution is 2.11. The molecule has 0 amide bonds. The van der Waals surface area contributed by atoms with Gasteiger partial charge in [-0.15, -0.1) is 0 Å². The van der Waals surface area contributed by atoms with Crippen molar-refractivity contribution in [3.8, 4) is 0 Å². The first-order chi connectivity index (χ1) is 6.50. The highest BCUT2D eigenvalue weighted by atomic mass is 32.2. The highest BCUT2D eigenvalue weighted by molar-refractivity contribution is 7.85. The standard InChI is InChI=1S/C10H14N2OS/c1-10(2,3)14(13)12-8-9-5-4-6-11-7-9/h4-8H,1-3H3/b12-8+/t14-/m0/s1. The summed E-state index contributed by atoms with van der Waals surface area (Å²) in [7, 11) is -1.20. The van der Waals surface area contributed by atoms with Gasteiger partial charge in [-0.05, 0) is 26.8 Å². The molecule has 0 bridgehead atoms. The van der Waals surface area contributed by atoms with Crippen molar-refractivity contribution < 1.29 is 4.21 Å². The number of nitrogens with zero attached hydrogens (tertiary/aromatic N) is 2. The second-order valence-electron chi connectivity index (χ2n) is 3.88. The zero-order chi connectivity index (χ0) is 10.6. The molecule has 1 rings (SSSR count). The Bertz CT molecular complexity index is 341. The molecule has 4 heteroatoms. The van der Waals surface area contributed by atoms with Gasteiger partial charge in [-0.2, -0.15) is 4.40 Å². The highest BCUT2D eigenvalue weighted by Gasteiger charge is 2.17. The smallest absolute Gasteiger partial charge is 0.144 e. The summed E-state index contributed by atoms with van der Waals surface area (Å²) in [6.45, 7) is 5.68. The molecule has 76 valence electrons. The quantitative estimate of drug-likeness (QED) is 0.700. The lowest BCUT2D eigenvalue weighted by Crippen LogP contribution is -2.19. The molecule has 0 N–H and O–H groups in total. The van der Waals surface area contributed by atoms with Crippen LogP contribution in [0.25, 0.3) is 0 Å². The second-order valence-corrected chi connectivity index (χ2v) is 5.82. The van der Waals surface area contributed by atoms with E-state index in [1.165, 1.54) is 0 Å². The lowest BCUT2D eigenvalue weighted by Gasteiger charge is -2.12. The van der Waals surface area contributed by atoms with Crippen LogP contribution in [0.15, 0.2) is 28.9 Å². The van der Waals surface area contributed by atoms with Crippen LogP contribution in [-0.2, 0) is 11.0 Å². The van der Waals surface area contributed by atoms with E-state index in [1.54, 1.807) is 18.6 Å². The van der Waals surface area contributed by atoms with Crippen LogP contribution >= 0.6 is 0 Å². The van der Waals surface area contributed by atoms with E-state index in [-0.39, 0.29) is 4.75 Å². The topological polar surface area (TPSA) is 42.3 Å². The first-order valence-electron chi connectivity index (χ1n) is 4.36. The van der Waals surface area contributed by atoms with Crippen molar-refractivity contribution in [2.24, 2.45) is 4.40 Å². The van der Waals surface area contributed by atoms with Crippen LogP contribution in [0.2, 0.25) is 0 Å². The summed E-state index contributed by atoms with van der Waals surface area (Å²) in [5.74, 6) is 0. The van der Waals surface area contributed by atoms with Gasteiger partial charge >= 0.3 is 0 Å². The van der Waals surface area contributed by atoms with Gasteiger partial charge in [0.15, 0.2) is 0 Å². The molecule has 0 aromatic carbocycles. The van der Waals surface area contributed by atoms with Crippen molar-refractivity contribution in [1.82, 2.24) is 4.98 Å². The number of pyridine rings is 1. The maximum atomic E-state index is 11.5. The number of hydrogen-bond donors (Lipinski definition) is 0. The monoisotopic (exact) mass is 210 g/mol. The van der Waals surface area contributed by atoms with E-state index in [4.69, 9.17) is 0 Å². The van der Waals surface area contributed by atoms with Crippen LogP contribution in [-0.4, -0.2) is 20.2 Å². The number of hydrogen-bond acceptors (Lipinski definition) is 2. The predicted octanol–water partition coefficient (Wildman–Crippen LogP) is 1.96. The fourth-order valence-electron chi connectivity index (χ4n) is 0.719. The average Bonchev–Trinajstić information content (AvgIpc) is 2.14. The predicted molar refractivity (Wildman–Crippen MR) is 59.7 cm³/mol. The molecule has 0 aliphatic carbocycles. The molecule has 0 unspecified atom stereocenters. The molecule has 0 saturated heterocycles. The molecule has 3 nitrogen and oxygen atoms in total. The summed E-state index contributed by atoms with van der Waals surface area (Å²) in [5, 5.41) is 0. The SMILES string of the molecule is CC(C)(C)[S@](=O)/N=C/c1cccnc1. The summed E-state index contributed by atoms with van der Waals surface area (Å²) in [4.78, 5) is 3.93. The van der Waals surface area contributed by atoms with Crippen LogP contribution in [0.5, 0.6) is 0 Å². The van der Waals surface area contributed by atoms with E-state index in [1.807, 2.05) is 32.9 Å². The van der Waals surface area contributed by atoms with E-state index >= 15 is 0 Å². The van der Waals surface area contributed by atoms with Gasteiger partial charge in [-0.1, -0.05) is 6.07 Å². The van der Waals surface area contributed by atoms with E-state index in [9.17, 15) is 4.21 Å². The molecular weight excluding hydrogens is 196 g/mol. The van der Waals surface area contributed by atoms with Crippen molar-refractivity contribution in [1.29, 1.82) is 0 Å². The van der Waals surface area contributed by atoms with Gasteiger partial charge in [-0.25, -0.2) is 4.21 Å². The van der Waals surface area contributed by atoms with Crippen molar-refractivity contribution in [2.45, 2.75) is 25.5 Å². The molecule has 0 aliphatic heterocycles. The summed E-state index contributed by atoms with van der Waals surface area (Å²) < 4.78 is 15.2. The fraction of sp³-hybridized carbons (Fsp3) is 0.400. The van der Waals surface area contributed by atoms with E-state index in [0.717, 1.165) is 5.56 Å². The molecule has 1 aromatic rings. The largest absolute Gasteiger partial charge is 0.264 e. The summed E-state index contributed by atoms with van der Waals surface area (Å²) in [6.07, 6.45) is 4.97. The molecule has 1 atom stereocenters. The Morgan fingerprint density at radius 3 is 2.71 bits per heavy atom. The first kappa shape index (κ1) is 11.0. The molecule has 0 saturated carbocycles. The average molecular weight is 210 g/mol. The Balaban J connectivity index is 2.71. The molecular formula is C10H14N2OS. The van der Waals surface area contributed by atoms with E-state index in [2.05, 4.69) is 9.38 Å². The minimum absolute atomic E-state index is 0.307. The van der Waals surface area contributed by atoms with Crippen LogP contribution in [0.4, 0.5) is 0 Å². The number of rotatable bonds is 2. The lowest BCUT2D eigenvalue weighted by atomic mass is 10.3. The fourth-order valence-corrected chi connectivity index (χ4v) is 1.25. The van der Waals surface area contributed by atoms with E-state index in [0.29, 0.717) is 0 Å². The van der Waals surface area contributed by atoms with Gasteiger partial charge in [0.2, 0.25) is 0 Å². The first-order valence-corrected chi connectivity index (χ1v) is 5.47. The van der Waals surface area contributed by atoms with Gasteiger partial charge in [0, 0.05) is 24.2 Å². The van der Waals surface area contributed by atoms with Crippen LogP contribution < -0.4 is 0 Å². The molecule has 0 aliphatic rings. The van der Waals surface area contributed by atoms with Crippen molar-refractivity contribution >= 4 is 17.2 Å². The zero-order valence-corrected chi connectivity index (χ0v) is 9.41. The third-order valence-electron chi connectivity index (χ3n) is 1.51. The molecule has 1 heterocycles. The van der Waals surface area contributed by atoms with Crippen LogP contribution in [0.1, 0.15) is 26.3 Å². The summed E-state index contributed by atoms with van der Waals surface area (Å²) in [5.41, 5.74) is 0.866. The maximum Gasteiger partial charge on any atom is 0.144 e. The normalized spacial score (nSPS) is 14.5. The molecule has 0 spiro atoms. The Kier molecular flexibility index (Phi) is 3.52. The van der Waals surface area contributed by atoms with Crippen LogP contribution in [0.3, 0.4) is 0 Å². The van der Waals surface area contributed by atoms with Gasteiger partial charge in [0.05, 0.1) is 4.75 Å². The Morgan fingerprint density at radius 2 is 2.21 bits per heavy atom. The van der Waals surface area contributed by atoms with Crippen molar-refractivity contribution in [3.63, 3.8) is 0 Å². The summed E-state index contributed by atoms with van der Waals surface area (Å²) in [6, 6.07) is 3.69. The molecule has 1 aromatic heterocycles. The Hall–Kier alpha value is -1.03. The maximum absolute atomic E-state index is 11.5. The lowest BCUT2D eigenvalue weighted by molar-refractivity contribution is 0.651. The third kappa shape index (κ3) is 3.38. The minimum atomic E-state index is -1.20. The summed E-state index contributed by atoms with van der Waals surface area (Å²) >= 11 is 0. The van der Waals surface area contributed by atoms with Gasteiger partial charge in [-0.3, -0.25) is 4.98 Å². The molecule has 0 radical (unpaired) electrons. The molecule has 14 heavy (non-hydrogen) atoms. The number of aromatic nitrogens is 1. The Morgan fingerprint density at radius 1 is 1.50 bits per heavy atom. The van der Waals surface area contributed by atoms with Gasteiger partial charge < -0.3 is 0 Å².